The van der Waals surface area contributed by atoms with Gasteiger partial charge >= 0.3 is 0 Å². The van der Waals surface area contributed by atoms with Gasteiger partial charge in [-0.05, 0) is 19.4 Å². The molecule has 0 aromatic carbocycles. The quantitative estimate of drug-likeness (QED) is 0.544. The minimum atomic E-state index is 0.498. The van der Waals surface area contributed by atoms with Gasteiger partial charge in [-0.2, -0.15) is 12.6 Å². The van der Waals surface area contributed by atoms with Crippen molar-refractivity contribution in [3.8, 4) is 0 Å². The predicted molar refractivity (Wildman–Crippen MR) is 64.9 cm³/mol. The maximum atomic E-state index is 7.28. The average Bonchev–Trinajstić information content (AvgIpc) is 2.19. The standard InChI is InChI=1S/C11H18N2S/c1-7-8(2)13(9(7)3)10(4)11(5-12)6-14/h5,7,9,12,14H,2,6H2,1,3-4H3/b11-10-,12-5?/t7-,9-/m1/s1. The molecule has 2 atom stereocenters. The highest BCUT2D eigenvalue weighted by molar-refractivity contribution is 7.80. The Morgan fingerprint density at radius 3 is 2.57 bits per heavy atom. The van der Waals surface area contributed by atoms with Gasteiger partial charge in [0.05, 0.1) is 0 Å². The monoisotopic (exact) mass is 210 g/mol. The van der Waals surface area contributed by atoms with E-state index in [1.807, 2.05) is 6.92 Å². The molecule has 0 aliphatic carbocycles. The lowest BCUT2D eigenvalue weighted by Crippen LogP contribution is -2.49. The third kappa shape index (κ3) is 1.61. The van der Waals surface area contributed by atoms with E-state index < -0.39 is 0 Å². The van der Waals surface area contributed by atoms with Crippen LogP contribution in [0, 0.1) is 11.3 Å². The van der Waals surface area contributed by atoms with Gasteiger partial charge in [0.25, 0.3) is 0 Å². The Labute approximate surface area is 91.6 Å². The second-order valence-electron chi connectivity index (χ2n) is 3.80. The van der Waals surface area contributed by atoms with Crippen LogP contribution in [0.2, 0.25) is 0 Å². The van der Waals surface area contributed by atoms with Crippen molar-refractivity contribution in [2.45, 2.75) is 26.8 Å². The fraction of sp³-hybridized carbons (Fsp3) is 0.545. The van der Waals surface area contributed by atoms with Crippen LogP contribution in [0.25, 0.3) is 0 Å². The summed E-state index contributed by atoms with van der Waals surface area (Å²) in [5, 5.41) is 7.28. The zero-order chi connectivity index (χ0) is 10.9. The van der Waals surface area contributed by atoms with E-state index in [2.05, 4.69) is 38.0 Å². The molecule has 0 unspecified atom stereocenters. The molecule has 14 heavy (non-hydrogen) atoms. The molecule has 3 heteroatoms. The fourth-order valence-corrected chi connectivity index (χ4v) is 2.16. The third-order valence-corrected chi connectivity index (χ3v) is 3.48. The molecule has 1 N–H and O–H groups in total. The van der Waals surface area contributed by atoms with Gasteiger partial charge in [-0.1, -0.05) is 13.5 Å². The smallest absolute Gasteiger partial charge is 0.0387 e. The van der Waals surface area contributed by atoms with Crippen molar-refractivity contribution in [1.82, 2.24) is 4.90 Å². The first-order chi connectivity index (χ1) is 6.54. The SMILES string of the molecule is C=C1[C@@H](C)[C@@H](C)N1/C(C)=C(/C=N)CS. The third-order valence-electron chi connectivity index (χ3n) is 3.14. The van der Waals surface area contributed by atoms with Crippen molar-refractivity contribution in [3.63, 3.8) is 0 Å². The molecule has 1 saturated heterocycles. The minimum absolute atomic E-state index is 0.498. The lowest BCUT2D eigenvalue weighted by Gasteiger charge is -2.49. The van der Waals surface area contributed by atoms with Crippen LogP contribution in [0.15, 0.2) is 23.5 Å². The fourth-order valence-electron chi connectivity index (χ4n) is 1.84. The van der Waals surface area contributed by atoms with E-state index in [0.717, 1.165) is 17.0 Å². The summed E-state index contributed by atoms with van der Waals surface area (Å²) in [5.41, 5.74) is 3.23. The van der Waals surface area contributed by atoms with Gasteiger partial charge in [0.15, 0.2) is 0 Å². The second kappa shape index (κ2) is 4.22. The Bertz CT molecular complexity index is 294. The van der Waals surface area contributed by atoms with Crippen LogP contribution in [-0.4, -0.2) is 22.9 Å². The second-order valence-corrected chi connectivity index (χ2v) is 4.12. The summed E-state index contributed by atoms with van der Waals surface area (Å²) in [6, 6.07) is 0.498. The van der Waals surface area contributed by atoms with E-state index in [0.29, 0.717) is 17.7 Å². The van der Waals surface area contributed by atoms with E-state index in [-0.39, 0.29) is 0 Å². The Hall–Kier alpha value is -0.700. The molecule has 78 valence electrons. The number of nitrogens with one attached hydrogen (secondary N) is 1. The van der Waals surface area contributed by atoms with Gasteiger partial charge in [0.1, 0.15) is 0 Å². The van der Waals surface area contributed by atoms with Crippen molar-refractivity contribution in [2.75, 3.05) is 5.75 Å². The number of likely N-dealkylation sites (tertiary alicyclic amines) is 1. The summed E-state index contributed by atoms with van der Waals surface area (Å²) in [5.74, 6) is 1.16. The van der Waals surface area contributed by atoms with Crippen LogP contribution in [0.3, 0.4) is 0 Å². The van der Waals surface area contributed by atoms with E-state index in [9.17, 15) is 0 Å². The molecule has 0 aromatic rings. The number of allylic oxidation sites excluding steroid dienone is 1. The molecule has 0 bridgehead atoms. The van der Waals surface area contributed by atoms with Gasteiger partial charge in [0, 0.05) is 35.3 Å². The van der Waals surface area contributed by atoms with Crippen molar-refractivity contribution in [1.29, 1.82) is 5.41 Å². The van der Waals surface area contributed by atoms with E-state index >= 15 is 0 Å². The molecule has 2 nitrogen and oxygen atoms in total. The average molecular weight is 210 g/mol. The topological polar surface area (TPSA) is 27.1 Å². The first-order valence-electron chi connectivity index (χ1n) is 4.83. The Morgan fingerprint density at radius 1 is 1.64 bits per heavy atom. The summed E-state index contributed by atoms with van der Waals surface area (Å²) >= 11 is 4.21. The zero-order valence-corrected chi connectivity index (χ0v) is 9.94. The summed E-state index contributed by atoms with van der Waals surface area (Å²) in [7, 11) is 0. The highest BCUT2D eigenvalue weighted by atomic mass is 32.1. The number of hydrogen-bond acceptors (Lipinski definition) is 3. The van der Waals surface area contributed by atoms with Crippen LogP contribution in [0.1, 0.15) is 20.8 Å². The number of rotatable bonds is 3. The molecule has 0 radical (unpaired) electrons. The molecule has 1 heterocycles. The van der Waals surface area contributed by atoms with Crippen LogP contribution >= 0.6 is 12.6 Å². The van der Waals surface area contributed by atoms with E-state index in [1.54, 1.807) is 0 Å². The van der Waals surface area contributed by atoms with Crippen molar-refractivity contribution in [2.24, 2.45) is 5.92 Å². The van der Waals surface area contributed by atoms with Gasteiger partial charge in [-0.15, -0.1) is 0 Å². The van der Waals surface area contributed by atoms with Crippen molar-refractivity contribution >= 4 is 18.8 Å². The molecule has 1 fully saturated rings. The molecule has 1 rings (SSSR count). The number of nitrogens with zero attached hydrogens (tertiary/aromatic N) is 1. The molecule has 0 aromatic heterocycles. The molecular weight excluding hydrogens is 192 g/mol. The Morgan fingerprint density at radius 2 is 2.21 bits per heavy atom. The lowest BCUT2D eigenvalue weighted by atomic mass is 9.87. The first-order valence-corrected chi connectivity index (χ1v) is 5.47. The van der Waals surface area contributed by atoms with Gasteiger partial charge in [0.2, 0.25) is 0 Å². The van der Waals surface area contributed by atoms with Gasteiger partial charge < -0.3 is 10.3 Å². The lowest BCUT2D eigenvalue weighted by molar-refractivity contribution is 0.150. The highest BCUT2D eigenvalue weighted by Crippen LogP contribution is 2.38. The summed E-state index contributed by atoms with van der Waals surface area (Å²) in [6.45, 7) is 10.4. The maximum Gasteiger partial charge on any atom is 0.0387 e. The van der Waals surface area contributed by atoms with Crippen molar-refractivity contribution < 1.29 is 0 Å². The molecular formula is C11H18N2S. The zero-order valence-electron chi connectivity index (χ0n) is 9.04. The van der Waals surface area contributed by atoms with Gasteiger partial charge in [-0.25, -0.2) is 0 Å². The normalized spacial score (nSPS) is 28.3. The maximum absolute atomic E-state index is 7.28. The number of thiol groups is 1. The molecule has 0 saturated carbocycles. The summed E-state index contributed by atoms with van der Waals surface area (Å²) in [4.78, 5) is 2.20. The van der Waals surface area contributed by atoms with Gasteiger partial charge in [-0.3, -0.25) is 0 Å². The van der Waals surface area contributed by atoms with Crippen LogP contribution in [0.4, 0.5) is 0 Å². The molecule has 1 aliphatic rings. The van der Waals surface area contributed by atoms with Crippen LogP contribution in [0.5, 0.6) is 0 Å². The number of hydrogen-bond donors (Lipinski definition) is 2. The van der Waals surface area contributed by atoms with Crippen LogP contribution < -0.4 is 0 Å². The Kier molecular flexibility index (Phi) is 3.43. The van der Waals surface area contributed by atoms with E-state index in [4.69, 9.17) is 5.41 Å². The van der Waals surface area contributed by atoms with Crippen molar-refractivity contribution in [3.05, 3.63) is 23.5 Å². The summed E-state index contributed by atoms with van der Waals surface area (Å²) < 4.78 is 0. The Balaban J connectivity index is 2.90. The largest absolute Gasteiger partial charge is 0.345 e. The van der Waals surface area contributed by atoms with Crippen LogP contribution in [-0.2, 0) is 0 Å². The highest BCUT2D eigenvalue weighted by Gasteiger charge is 2.36. The minimum Gasteiger partial charge on any atom is -0.345 e. The molecule has 0 spiro atoms. The summed E-state index contributed by atoms with van der Waals surface area (Å²) in [6.07, 6.45) is 1.38. The molecule has 0 amide bonds. The first kappa shape index (κ1) is 11.4. The predicted octanol–water partition coefficient (Wildman–Crippen LogP) is 2.69. The van der Waals surface area contributed by atoms with E-state index in [1.165, 1.54) is 6.21 Å². The molecule has 1 aliphatic heterocycles.